The minimum absolute atomic E-state index is 0.0673. The Morgan fingerprint density at radius 3 is 2.48 bits per heavy atom. The number of rotatable bonds is 5. The zero-order valence-electron chi connectivity index (χ0n) is 18.5. The molecule has 0 aromatic rings. The van der Waals surface area contributed by atoms with Crippen LogP contribution in [0.4, 0.5) is 0 Å². The Balaban J connectivity index is 2.18. The molecule has 0 unspecified atom stereocenters. The summed E-state index contributed by atoms with van der Waals surface area (Å²) in [6, 6.07) is 0. The average Bonchev–Trinajstić information content (AvgIpc) is 3.01. The molecule has 1 N–H and O–H groups in total. The van der Waals surface area contributed by atoms with E-state index in [-0.39, 0.29) is 24.0 Å². The van der Waals surface area contributed by atoms with Crippen molar-refractivity contribution >= 4 is 41.4 Å². The second kappa shape index (κ2) is 8.35. The summed E-state index contributed by atoms with van der Waals surface area (Å²) in [5.41, 5.74) is -2.04. The lowest BCUT2D eigenvalue weighted by molar-refractivity contribution is -0.198. The summed E-state index contributed by atoms with van der Waals surface area (Å²) in [5, 5.41) is 11.5. The van der Waals surface area contributed by atoms with Gasteiger partial charge in [0.15, 0.2) is 11.9 Å². The number of carbonyl (C=O) groups is 3. The second-order valence-corrected chi connectivity index (χ2v) is 11.3. The van der Waals surface area contributed by atoms with Gasteiger partial charge in [0.05, 0.1) is 6.10 Å². The van der Waals surface area contributed by atoms with E-state index in [0.717, 1.165) is 6.42 Å². The standard InChI is InChI=1S/C23H32Cl2O6/c1-6-21(4)10-15(27)22(5)12(2)7-8-23(13(3)18(21)30-11-26)9-14(16(28)17(22)23)31-20(29)19(24)25/h6,11-15,17-19,27H,1,7-10H2,2-5H3/t12-,13-,14-,15+,17-,18-,21+,22-,23-/m0/s1. The number of aliphatic hydroxyl groups excluding tert-OH is 1. The molecule has 0 amide bonds. The summed E-state index contributed by atoms with van der Waals surface area (Å²) in [6.07, 6.45) is 1.39. The van der Waals surface area contributed by atoms with Gasteiger partial charge >= 0.3 is 5.97 Å². The number of Topliss-reactive ketones (excluding diaryl/α,β-unsaturated/α-hetero) is 1. The van der Waals surface area contributed by atoms with E-state index in [2.05, 4.69) is 13.5 Å². The van der Waals surface area contributed by atoms with Crippen LogP contribution in [-0.2, 0) is 23.9 Å². The molecule has 31 heavy (non-hydrogen) atoms. The van der Waals surface area contributed by atoms with E-state index in [1.807, 2.05) is 20.8 Å². The number of ketones is 1. The Morgan fingerprint density at radius 1 is 1.29 bits per heavy atom. The van der Waals surface area contributed by atoms with Crippen molar-refractivity contribution in [1.29, 1.82) is 0 Å². The Labute approximate surface area is 193 Å². The summed E-state index contributed by atoms with van der Waals surface area (Å²) in [7, 11) is 0. The molecule has 6 nitrogen and oxygen atoms in total. The van der Waals surface area contributed by atoms with E-state index in [1.165, 1.54) is 0 Å². The maximum Gasteiger partial charge on any atom is 0.340 e. The SMILES string of the molecule is C=C[C@]1(C)C[C@@H](O)[C@@]2(C)[C@@H]3C(=O)[C@@H](OC(=O)C(Cl)Cl)C[C@@]3(CC[C@@H]2C)[C@@H](C)[C@@H]1OC=O. The predicted molar refractivity (Wildman–Crippen MR) is 116 cm³/mol. The van der Waals surface area contributed by atoms with E-state index in [0.29, 0.717) is 19.3 Å². The van der Waals surface area contributed by atoms with Gasteiger partial charge in [-0.05, 0) is 37.0 Å². The number of esters is 1. The van der Waals surface area contributed by atoms with Crippen LogP contribution in [0.2, 0.25) is 0 Å². The van der Waals surface area contributed by atoms with E-state index >= 15 is 0 Å². The highest BCUT2D eigenvalue weighted by atomic mass is 35.5. The normalized spacial score (nSPS) is 47.2. The van der Waals surface area contributed by atoms with Crippen molar-refractivity contribution in [2.45, 2.75) is 76.5 Å². The smallest absolute Gasteiger partial charge is 0.340 e. The van der Waals surface area contributed by atoms with Crippen LogP contribution in [0.3, 0.4) is 0 Å². The van der Waals surface area contributed by atoms with Crippen molar-refractivity contribution < 1.29 is 29.0 Å². The predicted octanol–water partition coefficient (Wildman–Crippen LogP) is 3.85. The van der Waals surface area contributed by atoms with Crippen molar-refractivity contribution in [3.63, 3.8) is 0 Å². The first kappa shape index (κ1) is 24.5. The van der Waals surface area contributed by atoms with Crippen molar-refractivity contribution in [2.24, 2.45) is 34.0 Å². The van der Waals surface area contributed by atoms with Gasteiger partial charge in [-0.3, -0.25) is 9.59 Å². The molecule has 3 saturated carbocycles. The number of aliphatic hydroxyl groups is 1. The van der Waals surface area contributed by atoms with E-state index < -0.39 is 51.3 Å². The Kier molecular flexibility index (Phi) is 6.60. The molecular weight excluding hydrogens is 443 g/mol. The van der Waals surface area contributed by atoms with Crippen LogP contribution in [0, 0.1) is 34.0 Å². The van der Waals surface area contributed by atoms with E-state index in [9.17, 15) is 19.5 Å². The topological polar surface area (TPSA) is 89.9 Å². The summed E-state index contributed by atoms with van der Waals surface area (Å²) in [4.78, 5) is 35.9. The van der Waals surface area contributed by atoms with Crippen molar-refractivity contribution in [1.82, 2.24) is 0 Å². The van der Waals surface area contributed by atoms with Gasteiger partial charge in [-0.25, -0.2) is 4.79 Å². The van der Waals surface area contributed by atoms with Gasteiger partial charge in [0.1, 0.15) is 6.10 Å². The van der Waals surface area contributed by atoms with Gasteiger partial charge in [0.2, 0.25) is 4.84 Å². The first-order valence-electron chi connectivity index (χ1n) is 10.8. The Bertz CT molecular complexity index is 771. The lowest BCUT2D eigenvalue weighted by atomic mass is 9.44. The van der Waals surface area contributed by atoms with Crippen LogP contribution in [-0.4, -0.2) is 46.5 Å². The van der Waals surface area contributed by atoms with E-state index in [4.69, 9.17) is 32.7 Å². The number of carbonyl (C=O) groups excluding carboxylic acids is 3. The van der Waals surface area contributed by atoms with Gasteiger partial charge in [0, 0.05) is 22.7 Å². The average molecular weight is 475 g/mol. The zero-order valence-corrected chi connectivity index (χ0v) is 20.0. The van der Waals surface area contributed by atoms with Crippen LogP contribution in [0.25, 0.3) is 0 Å². The minimum Gasteiger partial charge on any atom is -0.463 e. The molecule has 3 rings (SSSR count). The third-order valence-corrected chi connectivity index (χ3v) is 9.29. The van der Waals surface area contributed by atoms with Crippen LogP contribution in [0.15, 0.2) is 12.7 Å². The fourth-order valence-electron chi connectivity index (χ4n) is 6.93. The molecule has 0 radical (unpaired) electrons. The van der Waals surface area contributed by atoms with Gasteiger partial charge in [-0.1, -0.05) is 57.0 Å². The highest BCUT2D eigenvalue weighted by molar-refractivity contribution is 6.52. The summed E-state index contributed by atoms with van der Waals surface area (Å²) in [5.74, 6) is -1.79. The second-order valence-electron chi connectivity index (χ2n) is 10.2. The Hall–Kier alpha value is -1.11. The molecule has 3 aliphatic rings. The van der Waals surface area contributed by atoms with E-state index in [1.54, 1.807) is 6.08 Å². The zero-order chi connectivity index (χ0) is 23.4. The summed E-state index contributed by atoms with van der Waals surface area (Å²) in [6.45, 7) is 12.3. The summed E-state index contributed by atoms with van der Waals surface area (Å²) >= 11 is 11.3. The molecular formula is C23H32Cl2O6. The number of alkyl halides is 2. The lowest BCUT2D eigenvalue weighted by Gasteiger charge is -2.61. The van der Waals surface area contributed by atoms with Crippen molar-refractivity contribution in [2.75, 3.05) is 0 Å². The molecule has 0 heterocycles. The highest BCUT2D eigenvalue weighted by Gasteiger charge is 2.70. The monoisotopic (exact) mass is 474 g/mol. The largest absolute Gasteiger partial charge is 0.463 e. The Morgan fingerprint density at radius 2 is 1.94 bits per heavy atom. The number of halogens is 2. The molecule has 9 atom stereocenters. The third kappa shape index (κ3) is 3.53. The highest BCUT2D eigenvalue weighted by Crippen LogP contribution is 2.68. The van der Waals surface area contributed by atoms with Crippen molar-refractivity contribution in [3.05, 3.63) is 12.7 Å². The van der Waals surface area contributed by atoms with Gasteiger partial charge in [-0.2, -0.15) is 0 Å². The van der Waals surface area contributed by atoms with Crippen LogP contribution >= 0.6 is 23.2 Å². The first-order chi connectivity index (χ1) is 14.4. The van der Waals surface area contributed by atoms with Crippen LogP contribution in [0.1, 0.15) is 53.4 Å². The summed E-state index contributed by atoms with van der Waals surface area (Å²) < 4.78 is 11.0. The molecule has 0 spiro atoms. The van der Waals surface area contributed by atoms with Gasteiger partial charge < -0.3 is 14.6 Å². The molecule has 0 aromatic carbocycles. The van der Waals surface area contributed by atoms with Crippen LogP contribution < -0.4 is 0 Å². The van der Waals surface area contributed by atoms with Crippen molar-refractivity contribution in [3.8, 4) is 0 Å². The number of ether oxygens (including phenoxy) is 2. The maximum atomic E-state index is 13.7. The van der Waals surface area contributed by atoms with Crippen LogP contribution in [0.5, 0.6) is 0 Å². The quantitative estimate of drug-likeness (QED) is 0.281. The molecule has 2 bridgehead atoms. The fraction of sp³-hybridized carbons (Fsp3) is 0.783. The molecule has 174 valence electrons. The molecule has 3 aliphatic carbocycles. The molecule has 0 saturated heterocycles. The minimum atomic E-state index is -1.38. The number of hydrogen-bond acceptors (Lipinski definition) is 6. The van der Waals surface area contributed by atoms with Gasteiger partial charge in [0.25, 0.3) is 6.47 Å². The lowest BCUT2D eigenvalue weighted by Crippen LogP contribution is -2.62. The molecule has 0 aliphatic heterocycles. The molecule has 3 fully saturated rings. The van der Waals surface area contributed by atoms with Gasteiger partial charge in [-0.15, -0.1) is 6.58 Å². The third-order valence-electron chi connectivity index (χ3n) is 8.94. The molecule has 8 heteroatoms. The maximum absolute atomic E-state index is 13.7. The number of hydrogen-bond donors (Lipinski definition) is 1. The fourth-order valence-corrected chi connectivity index (χ4v) is 7.04. The molecule has 0 aromatic heterocycles. The first-order valence-corrected chi connectivity index (χ1v) is 11.7.